The number of aliphatic hydroxyl groups is 1. The predicted molar refractivity (Wildman–Crippen MR) is 71.5 cm³/mol. The first-order chi connectivity index (χ1) is 9.84. The van der Waals surface area contributed by atoms with Crippen molar-refractivity contribution in [1.82, 2.24) is 0 Å². The summed E-state index contributed by atoms with van der Waals surface area (Å²) in [5.74, 6) is -2.25. The number of phenolic OH excluding ortho intramolecular Hbond substituents is 1. The molecule has 1 aromatic carbocycles. The average molecular weight is 290 g/mol. The maximum atomic E-state index is 12.6. The lowest BCUT2D eigenvalue weighted by molar-refractivity contribution is -0.187. The zero-order chi connectivity index (χ0) is 15.4. The Hall–Kier alpha value is -2.18. The highest BCUT2D eigenvalue weighted by Crippen LogP contribution is 2.40. The molecule has 2 N–H and O–H groups in total. The molecule has 0 aromatic heterocycles. The minimum absolute atomic E-state index is 0.0652. The fraction of sp³-hybridized carbons (Fsp3) is 0.333. The third-order valence-electron chi connectivity index (χ3n) is 3.72. The van der Waals surface area contributed by atoms with Gasteiger partial charge in [0, 0.05) is 29.2 Å². The largest absolute Gasteiger partial charge is 0.508 e. The van der Waals surface area contributed by atoms with E-state index in [-0.39, 0.29) is 52.6 Å². The predicted octanol–water partition coefficient (Wildman–Crippen LogP) is 1.21. The molecule has 1 unspecified atom stereocenters. The van der Waals surface area contributed by atoms with Gasteiger partial charge < -0.3 is 19.7 Å². The Bertz CT molecular complexity index is 698. The number of ether oxygens (including phenoxy) is 2. The van der Waals surface area contributed by atoms with Gasteiger partial charge >= 0.3 is 0 Å². The molecule has 0 radical (unpaired) electrons. The summed E-state index contributed by atoms with van der Waals surface area (Å²) < 4.78 is 10.3. The van der Waals surface area contributed by atoms with E-state index in [1.54, 1.807) is 0 Å². The molecule has 0 amide bonds. The Labute approximate surface area is 120 Å². The Morgan fingerprint density at radius 2 is 1.95 bits per heavy atom. The van der Waals surface area contributed by atoms with Crippen LogP contribution in [0.15, 0.2) is 23.3 Å². The van der Waals surface area contributed by atoms with E-state index in [1.807, 2.05) is 0 Å². The van der Waals surface area contributed by atoms with Gasteiger partial charge in [0.05, 0.1) is 19.3 Å². The van der Waals surface area contributed by atoms with Crippen LogP contribution >= 0.6 is 0 Å². The van der Waals surface area contributed by atoms with Crippen molar-refractivity contribution in [3.8, 4) is 11.5 Å². The molecule has 0 saturated heterocycles. The summed E-state index contributed by atoms with van der Waals surface area (Å²) in [4.78, 5) is 25.1. The van der Waals surface area contributed by atoms with E-state index in [0.717, 1.165) is 0 Å². The monoisotopic (exact) mass is 290 g/mol. The minimum atomic E-state index is -1.48. The molecule has 1 atom stereocenters. The second-order valence-corrected chi connectivity index (χ2v) is 5.33. The van der Waals surface area contributed by atoms with Crippen LogP contribution in [0.25, 0.3) is 0 Å². The lowest BCUT2D eigenvalue weighted by atomic mass is 9.80. The van der Waals surface area contributed by atoms with E-state index < -0.39 is 11.6 Å². The first-order valence-electron chi connectivity index (χ1n) is 6.43. The van der Waals surface area contributed by atoms with Crippen molar-refractivity contribution < 1.29 is 29.3 Å². The third-order valence-corrected chi connectivity index (χ3v) is 3.72. The summed E-state index contributed by atoms with van der Waals surface area (Å²) in [5.41, 5.74) is 0.692. The molecule has 1 aliphatic heterocycles. The van der Waals surface area contributed by atoms with E-state index in [0.29, 0.717) is 0 Å². The minimum Gasteiger partial charge on any atom is -0.508 e. The van der Waals surface area contributed by atoms with Crippen LogP contribution in [-0.2, 0) is 4.74 Å². The first-order valence-corrected chi connectivity index (χ1v) is 6.43. The molecule has 0 bridgehead atoms. The zero-order valence-electron chi connectivity index (χ0n) is 11.6. The Kier molecular flexibility index (Phi) is 2.89. The number of methoxy groups -OCH3 is 1. The maximum absolute atomic E-state index is 12.6. The van der Waals surface area contributed by atoms with Crippen LogP contribution < -0.4 is 4.74 Å². The number of carbonyl (C=O) groups is 2. The molecule has 0 spiro atoms. The lowest BCUT2D eigenvalue weighted by Gasteiger charge is -2.33. The molecule has 0 fully saturated rings. The second kappa shape index (κ2) is 4.41. The van der Waals surface area contributed by atoms with Gasteiger partial charge in [-0.3, -0.25) is 9.59 Å². The smallest absolute Gasteiger partial charge is 0.196 e. The summed E-state index contributed by atoms with van der Waals surface area (Å²) in [5, 5.41) is 19.6. The molecule has 0 saturated carbocycles. The number of fused-ring (bicyclic) bond motifs is 1. The first kappa shape index (κ1) is 13.8. The summed E-state index contributed by atoms with van der Waals surface area (Å²) in [6.45, 7) is 1.31. The van der Waals surface area contributed by atoms with Gasteiger partial charge in [0.1, 0.15) is 11.5 Å². The summed E-state index contributed by atoms with van der Waals surface area (Å²) >= 11 is 0. The number of hydrogen-bond acceptors (Lipinski definition) is 6. The summed E-state index contributed by atoms with van der Waals surface area (Å²) in [7, 11) is 1.36. The number of Topliss-reactive ketones (excluding diaryl/α,β-unsaturated/α-hetero) is 2. The van der Waals surface area contributed by atoms with Gasteiger partial charge in [-0.05, 0) is 13.0 Å². The number of hydrogen-bond donors (Lipinski definition) is 2. The molecular formula is C15H14O6. The van der Waals surface area contributed by atoms with Crippen molar-refractivity contribution >= 4 is 11.6 Å². The van der Waals surface area contributed by atoms with Crippen molar-refractivity contribution in [2.45, 2.75) is 19.1 Å². The number of benzene rings is 1. The Morgan fingerprint density at radius 1 is 1.24 bits per heavy atom. The number of phenols is 1. The standard InChI is InChI=1S/C15H14O6/c1-15(19)5-9-10(6-21-15)14(18)12-8(13(9)17)3-7(16)4-11(12)20-2/h3-4,16,19H,5-6H2,1-2H3. The molecule has 6 nitrogen and oxygen atoms in total. The normalized spacial score (nSPS) is 24.7. The molecule has 3 rings (SSSR count). The van der Waals surface area contributed by atoms with Gasteiger partial charge in [0.15, 0.2) is 17.4 Å². The molecule has 110 valence electrons. The van der Waals surface area contributed by atoms with E-state index in [2.05, 4.69) is 0 Å². The van der Waals surface area contributed by atoms with Crippen LogP contribution in [0, 0.1) is 0 Å². The van der Waals surface area contributed by atoms with Crippen molar-refractivity contribution in [3.63, 3.8) is 0 Å². The number of aromatic hydroxyl groups is 1. The van der Waals surface area contributed by atoms with Crippen molar-refractivity contribution in [2.24, 2.45) is 0 Å². The van der Waals surface area contributed by atoms with E-state index >= 15 is 0 Å². The molecule has 2 aliphatic rings. The van der Waals surface area contributed by atoms with Crippen LogP contribution in [0.4, 0.5) is 0 Å². The third kappa shape index (κ3) is 2.03. The lowest BCUT2D eigenvalue weighted by Crippen LogP contribution is -2.39. The topological polar surface area (TPSA) is 93.1 Å². The Balaban J connectivity index is 2.21. The highest BCUT2D eigenvalue weighted by Gasteiger charge is 2.41. The number of carbonyl (C=O) groups excluding carboxylic acids is 2. The van der Waals surface area contributed by atoms with Crippen LogP contribution in [0.3, 0.4) is 0 Å². The van der Waals surface area contributed by atoms with Crippen LogP contribution in [0.5, 0.6) is 11.5 Å². The molecule has 6 heteroatoms. The van der Waals surface area contributed by atoms with Crippen molar-refractivity contribution in [3.05, 3.63) is 34.4 Å². The SMILES string of the molecule is COc1cc(O)cc2c1C(=O)C1=C(CC(C)(O)OC1)C2=O. The Morgan fingerprint density at radius 3 is 2.62 bits per heavy atom. The van der Waals surface area contributed by atoms with Crippen LogP contribution in [0.1, 0.15) is 34.1 Å². The van der Waals surface area contributed by atoms with Gasteiger partial charge in [0.2, 0.25) is 0 Å². The molecule has 1 aromatic rings. The van der Waals surface area contributed by atoms with Gasteiger partial charge in [-0.15, -0.1) is 0 Å². The van der Waals surface area contributed by atoms with Crippen LogP contribution in [-0.4, -0.2) is 41.3 Å². The fourth-order valence-corrected chi connectivity index (χ4v) is 2.71. The van der Waals surface area contributed by atoms with Gasteiger partial charge in [-0.25, -0.2) is 0 Å². The van der Waals surface area contributed by atoms with E-state index in [9.17, 15) is 19.8 Å². The quantitative estimate of drug-likeness (QED) is 0.807. The number of ketones is 2. The highest BCUT2D eigenvalue weighted by atomic mass is 16.6. The van der Waals surface area contributed by atoms with E-state index in [1.165, 1.54) is 26.2 Å². The summed E-state index contributed by atoms with van der Waals surface area (Å²) in [6.07, 6.45) is -0.0652. The van der Waals surface area contributed by atoms with Crippen LogP contribution in [0.2, 0.25) is 0 Å². The van der Waals surface area contributed by atoms with E-state index in [4.69, 9.17) is 9.47 Å². The maximum Gasteiger partial charge on any atom is 0.196 e. The highest BCUT2D eigenvalue weighted by molar-refractivity contribution is 6.28. The molecule has 1 aliphatic carbocycles. The fourth-order valence-electron chi connectivity index (χ4n) is 2.71. The second-order valence-electron chi connectivity index (χ2n) is 5.33. The number of rotatable bonds is 1. The van der Waals surface area contributed by atoms with Crippen molar-refractivity contribution in [1.29, 1.82) is 0 Å². The molecular weight excluding hydrogens is 276 g/mol. The average Bonchev–Trinajstić information content (AvgIpc) is 2.42. The summed E-state index contributed by atoms with van der Waals surface area (Å²) in [6, 6.07) is 2.53. The molecule has 1 heterocycles. The van der Waals surface area contributed by atoms with Gasteiger partial charge in [0.25, 0.3) is 0 Å². The molecule has 21 heavy (non-hydrogen) atoms. The van der Waals surface area contributed by atoms with Gasteiger partial charge in [-0.1, -0.05) is 0 Å². The van der Waals surface area contributed by atoms with Gasteiger partial charge in [-0.2, -0.15) is 0 Å². The van der Waals surface area contributed by atoms with Crippen molar-refractivity contribution in [2.75, 3.05) is 13.7 Å². The zero-order valence-corrected chi connectivity index (χ0v) is 11.6.